The summed E-state index contributed by atoms with van der Waals surface area (Å²) >= 11 is 0. The summed E-state index contributed by atoms with van der Waals surface area (Å²) in [6, 6.07) is 8.15. The lowest BCUT2D eigenvalue weighted by molar-refractivity contribution is 0.160. The van der Waals surface area contributed by atoms with Crippen molar-refractivity contribution in [2.24, 2.45) is 0 Å². The van der Waals surface area contributed by atoms with Gasteiger partial charge in [0.2, 0.25) is 0 Å². The number of likely N-dealkylation sites (N-methyl/N-ethyl adjacent to an activating group) is 1. The van der Waals surface area contributed by atoms with Gasteiger partial charge >= 0.3 is 0 Å². The van der Waals surface area contributed by atoms with Crippen LogP contribution in [0.4, 0.5) is 5.69 Å². The molecule has 2 rings (SSSR count). The Hall–Kier alpha value is -1.02. The fourth-order valence-corrected chi connectivity index (χ4v) is 3.86. The van der Waals surface area contributed by atoms with Crippen molar-refractivity contribution < 1.29 is 0 Å². The van der Waals surface area contributed by atoms with E-state index < -0.39 is 0 Å². The second-order valence-corrected chi connectivity index (χ2v) is 7.61. The minimum atomic E-state index is 0.276. The molecule has 1 unspecified atom stereocenters. The van der Waals surface area contributed by atoms with Crippen molar-refractivity contribution in [3.05, 3.63) is 29.3 Å². The molecule has 0 spiro atoms. The monoisotopic (exact) mass is 288 g/mol. The van der Waals surface area contributed by atoms with Gasteiger partial charge in [0.25, 0.3) is 0 Å². The van der Waals surface area contributed by atoms with Crippen molar-refractivity contribution in [3.63, 3.8) is 0 Å². The van der Waals surface area contributed by atoms with Gasteiger partial charge in [0.1, 0.15) is 0 Å². The zero-order valence-corrected chi connectivity index (χ0v) is 14.9. The lowest BCUT2D eigenvalue weighted by atomic mass is 9.80. The molecule has 21 heavy (non-hydrogen) atoms. The second kappa shape index (κ2) is 6.00. The largest absolute Gasteiger partial charge is 0.373 e. The highest BCUT2D eigenvalue weighted by Gasteiger charge is 2.37. The van der Waals surface area contributed by atoms with E-state index in [4.69, 9.17) is 0 Å². The number of nitrogens with zero attached hydrogens (tertiary/aromatic N) is 2. The third-order valence-corrected chi connectivity index (χ3v) is 5.05. The smallest absolute Gasteiger partial charge is 0.0402 e. The summed E-state index contributed by atoms with van der Waals surface area (Å²) in [4.78, 5) is 5.03. The summed E-state index contributed by atoms with van der Waals surface area (Å²) in [7, 11) is 2.22. The summed E-state index contributed by atoms with van der Waals surface area (Å²) in [6.45, 7) is 16.2. The zero-order valence-electron chi connectivity index (χ0n) is 14.9. The molecule has 1 aromatic carbocycles. The summed E-state index contributed by atoms with van der Waals surface area (Å²) in [5.41, 5.74) is 4.61. The average Bonchev–Trinajstić information content (AvgIpc) is 2.60. The number of hydrogen-bond donors (Lipinski definition) is 0. The number of anilines is 1. The molecule has 2 heteroatoms. The van der Waals surface area contributed by atoms with Gasteiger partial charge in [-0.15, -0.1) is 0 Å². The molecule has 0 aromatic heterocycles. The van der Waals surface area contributed by atoms with Crippen LogP contribution in [0.1, 0.15) is 52.2 Å². The molecule has 0 saturated heterocycles. The molecule has 1 heterocycles. The summed E-state index contributed by atoms with van der Waals surface area (Å²) in [6.07, 6.45) is 1.23. The Labute approximate surface area is 131 Å². The van der Waals surface area contributed by atoms with E-state index in [-0.39, 0.29) is 5.41 Å². The fraction of sp³-hybridized carbons (Fsp3) is 0.684. The zero-order chi connectivity index (χ0) is 15.8. The van der Waals surface area contributed by atoms with Gasteiger partial charge in [0.15, 0.2) is 0 Å². The van der Waals surface area contributed by atoms with E-state index in [1.54, 1.807) is 0 Å². The van der Waals surface area contributed by atoms with Crippen LogP contribution in [0.2, 0.25) is 0 Å². The predicted octanol–water partition coefficient (Wildman–Crippen LogP) is 4.21. The number of hydrogen-bond acceptors (Lipinski definition) is 2. The van der Waals surface area contributed by atoms with Gasteiger partial charge in [0, 0.05) is 36.8 Å². The molecule has 1 atom stereocenters. The predicted molar refractivity (Wildman–Crippen MR) is 93.4 cm³/mol. The minimum absolute atomic E-state index is 0.276. The van der Waals surface area contributed by atoms with Crippen molar-refractivity contribution in [1.82, 2.24) is 4.90 Å². The Bertz CT molecular complexity index is 484. The van der Waals surface area contributed by atoms with Crippen LogP contribution in [-0.2, 0) is 5.41 Å². The molecular formula is C19H32N2. The highest BCUT2D eigenvalue weighted by Crippen LogP contribution is 2.42. The summed E-state index contributed by atoms with van der Waals surface area (Å²) in [5, 5.41) is 0. The van der Waals surface area contributed by atoms with Gasteiger partial charge < -0.3 is 4.90 Å². The van der Waals surface area contributed by atoms with Crippen LogP contribution >= 0.6 is 0 Å². The Morgan fingerprint density at radius 2 is 1.81 bits per heavy atom. The van der Waals surface area contributed by atoms with E-state index in [9.17, 15) is 0 Å². The van der Waals surface area contributed by atoms with E-state index in [0.717, 1.165) is 6.54 Å². The molecular weight excluding hydrogens is 256 g/mol. The van der Waals surface area contributed by atoms with Gasteiger partial charge in [-0.05, 0) is 59.2 Å². The van der Waals surface area contributed by atoms with Gasteiger partial charge in [-0.25, -0.2) is 0 Å². The third kappa shape index (κ3) is 3.26. The first-order chi connectivity index (χ1) is 9.74. The van der Waals surface area contributed by atoms with Crippen molar-refractivity contribution in [1.29, 1.82) is 0 Å². The number of fused-ring (bicyclic) bond motifs is 1. The Morgan fingerprint density at radius 1 is 1.19 bits per heavy atom. The van der Waals surface area contributed by atoms with Gasteiger partial charge in [-0.2, -0.15) is 0 Å². The lowest BCUT2D eigenvalue weighted by Crippen LogP contribution is -2.41. The Kier molecular flexibility index (Phi) is 4.67. The van der Waals surface area contributed by atoms with Crippen LogP contribution in [0.3, 0.4) is 0 Å². The normalized spacial score (nSPS) is 21.7. The lowest BCUT2D eigenvalue weighted by Gasteiger charge is -2.34. The van der Waals surface area contributed by atoms with Crippen LogP contribution in [-0.4, -0.2) is 37.1 Å². The quantitative estimate of drug-likeness (QED) is 0.801. The number of benzene rings is 1. The maximum Gasteiger partial charge on any atom is 0.0402 e. The van der Waals surface area contributed by atoms with E-state index in [2.05, 4.69) is 76.6 Å². The topological polar surface area (TPSA) is 6.48 Å². The van der Waals surface area contributed by atoms with Crippen molar-refractivity contribution in [2.45, 2.75) is 65.5 Å². The van der Waals surface area contributed by atoms with Crippen molar-refractivity contribution >= 4 is 5.69 Å². The number of rotatable bonds is 5. The first-order valence-corrected chi connectivity index (χ1v) is 8.32. The van der Waals surface area contributed by atoms with Crippen molar-refractivity contribution in [2.75, 3.05) is 25.0 Å². The highest BCUT2D eigenvalue weighted by atomic mass is 15.2. The molecule has 0 amide bonds. The molecule has 0 aliphatic carbocycles. The highest BCUT2D eigenvalue weighted by molar-refractivity contribution is 5.62. The van der Waals surface area contributed by atoms with Crippen LogP contribution in [0.15, 0.2) is 18.2 Å². The maximum absolute atomic E-state index is 2.61. The van der Waals surface area contributed by atoms with Crippen molar-refractivity contribution in [3.8, 4) is 0 Å². The molecule has 118 valence electrons. The van der Waals surface area contributed by atoms with Crippen LogP contribution in [0.5, 0.6) is 0 Å². The number of aryl methyl sites for hydroxylation is 1. The average molecular weight is 288 g/mol. The first-order valence-electron chi connectivity index (χ1n) is 8.32. The van der Waals surface area contributed by atoms with Crippen LogP contribution in [0, 0.1) is 6.92 Å². The SMILES string of the molecule is Cc1ccc2c(c1)C(C)(CCN(C(C)C)C(C)C)CN2C. The van der Waals surface area contributed by atoms with E-state index in [1.807, 2.05) is 0 Å². The van der Waals surface area contributed by atoms with Gasteiger partial charge in [0.05, 0.1) is 0 Å². The molecule has 1 aromatic rings. The van der Waals surface area contributed by atoms with Crippen LogP contribution in [0.25, 0.3) is 0 Å². The maximum atomic E-state index is 2.61. The third-order valence-electron chi connectivity index (χ3n) is 5.05. The van der Waals surface area contributed by atoms with Gasteiger partial charge in [-0.1, -0.05) is 24.6 Å². The fourth-order valence-electron chi connectivity index (χ4n) is 3.86. The molecule has 0 fully saturated rings. The van der Waals surface area contributed by atoms with Gasteiger partial charge in [-0.3, -0.25) is 4.90 Å². The van der Waals surface area contributed by atoms with E-state index in [1.165, 1.54) is 29.8 Å². The molecule has 1 aliphatic rings. The summed E-state index contributed by atoms with van der Waals surface area (Å²) in [5.74, 6) is 0. The molecule has 1 aliphatic heterocycles. The second-order valence-electron chi connectivity index (χ2n) is 7.61. The Balaban J connectivity index is 2.19. The van der Waals surface area contributed by atoms with E-state index in [0.29, 0.717) is 12.1 Å². The minimum Gasteiger partial charge on any atom is -0.373 e. The Morgan fingerprint density at radius 3 is 2.38 bits per heavy atom. The summed E-state index contributed by atoms with van der Waals surface area (Å²) < 4.78 is 0. The molecule has 0 bridgehead atoms. The molecule has 2 nitrogen and oxygen atoms in total. The first kappa shape index (κ1) is 16.4. The van der Waals surface area contributed by atoms with Crippen LogP contribution < -0.4 is 4.90 Å². The van der Waals surface area contributed by atoms with E-state index >= 15 is 0 Å². The molecule has 0 saturated carbocycles. The standard InChI is InChI=1S/C19H32N2/c1-14(2)21(15(3)4)11-10-19(6)13-20(7)18-9-8-16(5)12-17(18)19/h8-9,12,14-15H,10-11,13H2,1-7H3. The molecule has 0 radical (unpaired) electrons. The molecule has 0 N–H and O–H groups in total.